The number of carbonyl (C=O) groups excluding carboxylic acids is 1. The predicted octanol–water partition coefficient (Wildman–Crippen LogP) is 3.07. The highest BCUT2D eigenvalue weighted by Gasteiger charge is 2.26. The Hall–Kier alpha value is -1.92. The Balaban J connectivity index is 1.58. The van der Waals surface area contributed by atoms with Gasteiger partial charge in [-0.25, -0.2) is 18.5 Å². The standard InChI is InChI=1S/C17H22N5O2PS/c1-25-22-9-8-15(20-22)26(18,24)21-17(23)19-16-13-6-2-4-11(13)10-12-5-3-7-14(12)16/h8-10,25H,2-7H2,1H3,(H3,18,19,21,23,24). The molecule has 2 atom stereocenters. The van der Waals surface area contributed by atoms with Crippen LogP contribution in [0.4, 0.5) is 10.5 Å². The van der Waals surface area contributed by atoms with Gasteiger partial charge in [-0.05, 0) is 82.2 Å². The van der Waals surface area contributed by atoms with E-state index in [9.17, 15) is 9.00 Å². The number of hydrogen-bond acceptors (Lipinski definition) is 4. The maximum Gasteiger partial charge on any atom is 0.332 e. The summed E-state index contributed by atoms with van der Waals surface area (Å²) >= 11 is 0. The molecule has 0 aliphatic heterocycles. The fourth-order valence-corrected chi connectivity index (χ4v) is 5.25. The summed E-state index contributed by atoms with van der Waals surface area (Å²) in [5.74, 6) is 0. The van der Waals surface area contributed by atoms with Crippen LogP contribution < -0.4 is 10.0 Å². The molecule has 138 valence electrons. The lowest BCUT2D eigenvalue weighted by Gasteiger charge is -2.17. The lowest BCUT2D eigenvalue weighted by molar-refractivity contribution is 0.256. The lowest BCUT2D eigenvalue weighted by Crippen LogP contribution is -2.34. The van der Waals surface area contributed by atoms with Crippen LogP contribution in [0.25, 0.3) is 0 Å². The number of fused-ring (bicyclic) bond motifs is 2. The highest BCUT2D eigenvalue weighted by molar-refractivity contribution is 7.91. The number of aryl methyl sites for hydroxylation is 2. The molecule has 2 aliphatic carbocycles. The van der Waals surface area contributed by atoms with Crippen molar-refractivity contribution in [2.45, 2.75) is 43.6 Å². The van der Waals surface area contributed by atoms with E-state index in [1.165, 1.54) is 28.3 Å². The van der Waals surface area contributed by atoms with Crippen molar-refractivity contribution in [3.8, 4) is 0 Å². The fourth-order valence-electron chi connectivity index (χ4n) is 3.87. The highest BCUT2D eigenvalue weighted by atomic mass is 32.2. The van der Waals surface area contributed by atoms with E-state index in [0.717, 1.165) is 44.2 Å². The molecule has 0 radical (unpaired) electrons. The van der Waals surface area contributed by atoms with Gasteiger partial charge in [-0.2, -0.15) is 5.10 Å². The zero-order valence-corrected chi connectivity index (χ0v) is 16.4. The van der Waals surface area contributed by atoms with E-state index >= 15 is 0 Å². The number of anilines is 1. The maximum absolute atomic E-state index is 12.6. The predicted molar refractivity (Wildman–Crippen MR) is 104 cm³/mol. The molecule has 1 aromatic heterocycles. The fraction of sp³-hybridized carbons (Fsp3) is 0.412. The van der Waals surface area contributed by atoms with E-state index in [1.807, 2.05) is 6.66 Å². The van der Waals surface area contributed by atoms with E-state index in [-0.39, 0.29) is 5.03 Å². The van der Waals surface area contributed by atoms with E-state index in [2.05, 4.69) is 21.2 Å². The first-order chi connectivity index (χ1) is 12.5. The van der Waals surface area contributed by atoms with Gasteiger partial charge in [0.1, 0.15) is 0 Å². The molecular formula is C17H22N5O2PS. The number of hydrogen-bond donors (Lipinski definition) is 3. The van der Waals surface area contributed by atoms with Gasteiger partial charge in [0.05, 0.1) is 0 Å². The quantitative estimate of drug-likeness (QED) is 0.698. The van der Waals surface area contributed by atoms with Crippen molar-refractivity contribution in [3.63, 3.8) is 0 Å². The van der Waals surface area contributed by atoms with Gasteiger partial charge in [-0.1, -0.05) is 6.07 Å². The molecule has 0 saturated heterocycles. The minimum Gasteiger partial charge on any atom is -0.307 e. The van der Waals surface area contributed by atoms with Crippen LogP contribution in [-0.2, 0) is 35.6 Å². The Morgan fingerprint density at radius 1 is 1.23 bits per heavy atom. The Kier molecular flexibility index (Phi) is 4.49. The molecule has 2 aromatic rings. The van der Waals surface area contributed by atoms with Gasteiger partial charge in [0.25, 0.3) is 0 Å². The molecule has 9 heteroatoms. The summed E-state index contributed by atoms with van der Waals surface area (Å²) in [6.45, 7) is 1.93. The molecule has 2 amide bonds. The summed E-state index contributed by atoms with van der Waals surface area (Å²) in [6.07, 6.45) is 7.86. The van der Waals surface area contributed by atoms with E-state index in [1.54, 1.807) is 10.6 Å². The first-order valence-corrected chi connectivity index (χ1v) is 11.8. The van der Waals surface area contributed by atoms with Crippen molar-refractivity contribution in [1.29, 1.82) is 4.78 Å². The summed E-state index contributed by atoms with van der Waals surface area (Å²) < 4.78 is 24.6. The minimum absolute atomic E-state index is 0.0746. The summed E-state index contributed by atoms with van der Waals surface area (Å²) in [5.41, 5.74) is 5.91. The largest absolute Gasteiger partial charge is 0.332 e. The van der Waals surface area contributed by atoms with Gasteiger partial charge in [0, 0.05) is 11.9 Å². The normalized spacial score (nSPS) is 17.9. The third kappa shape index (κ3) is 3.12. The van der Waals surface area contributed by atoms with Crippen molar-refractivity contribution in [3.05, 3.63) is 40.6 Å². The van der Waals surface area contributed by atoms with E-state index in [4.69, 9.17) is 4.78 Å². The Morgan fingerprint density at radius 3 is 2.46 bits per heavy atom. The van der Waals surface area contributed by atoms with Crippen LogP contribution in [0.2, 0.25) is 0 Å². The van der Waals surface area contributed by atoms with Crippen LogP contribution in [0.3, 0.4) is 0 Å². The van der Waals surface area contributed by atoms with Crippen LogP contribution in [0.1, 0.15) is 35.1 Å². The molecule has 7 nitrogen and oxygen atoms in total. The third-order valence-electron chi connectivity index (χ3n) is 5.04. The molecule has 2 aliphatic rings. The number of aromatic nitrogens is 2. The molecule has 2 unspecified atom stereocenters. The van der Waals surface area contributed by atoms with E-state index in [0.29, 0.717) is 8.73 Å². The van der Waals surface area contributed by atoms with Crippen LogP contribution in [-0.4, -0.2) is 26.5 Å². The first-order valence-electron chi connectivity index (χ1n) is 8.75. The van der Waals surface area contributed by atoms with Crippen LogP contribution in [0, 0.1) is 4.78 Å². The Labute approximate surface area is 154 Å². The van der Waals surface area contributed by atoms with Crippen molar-refractivity contribution >= 4 is 30.4 Å². The molecular weight excluding hydrogens is 369 g/mol. The Bertz CT molecular complexity index is 951. The highest BCUT2D eigenvalue weighted by Crippen LogP contribution is 2.38. The molecule has 0 fully saturated rings. The second kappa shape index (κ2) is 6.67. The lowest BCUT2D eigenvalue weighted by atomic mass is 9.99. The van der Waals surface area contributed by atoms with Crippen molar-refractivity contribution in [1.82, 2.24) is 14.3 Å². The van der Waals surface area contributed by atoms with Gasteiger partial charge < -0.3 is 5.32 Å². The number of urea groups is 1. The van der Waals surface area contributed by atoms with Gasteiger partial charge in [-0.15, -0.1) is 0 Å². The van der Waals surface area contributed by atoms with Crippen LogP contribution in [0.5, 0.6) is 0 Å². The van der Waals surface area contributed by atoms with Crippen LogP contribution in [0.15, 0.2) is 23.4 Å². The number of benzene rings is 1. The molecule has 0 bridgehead atoms. The van der Waals surface area contributed by atoms with Gasteiger partial charge >= 0.3 is 6.03 Å². The molecule has 26 heavy (non-hydrogen) atoms. The topological polar surface area (TPSA) is 99.9 Å². The monoisotopic (exact) mass is 391 g/mol. The second-order valence-corrected chi connectivity index (χ2v) is 9.31. The molecule has 4 rings (SSSR count). The number of amides is 2. The number of carbonyl (C=O) groups is 1. The SMILES string of the molecule is CPn1ccc(S(=N)(=O)NC(=O)Nc2c3c(cc4c2CCC4)CCC3)n1. The smallest absolute Gasteiger partial charge is 0.307 e. The molecule has 0 spiro atoms. The van der Waals surface area contributed by atoms with Gasteiger partial charge in [0.15, 0.2) is 14.9 Å². The van der Waals surface area contributed by atoms with Crippen LogP contribution >= 0.6 is 8.73 Å². The molecule has 0 saturated carbocycles. The summed E-state index contributed by atoms with van der Waals surface area (Å²) in [4.78, 5) is 12.5. The van der Waals surface area contributed by atoms with Gasteiger partial charge in [0.2, 0.25) is 0 Å². The average Bonchev–Trinajstić information content (AvgIpc) is 3.33. The molecule has 1 aromatic carbocycles. The van der Waals surface area contributed by atoms with Crippen molar-refractivity contribution < 1.29 is 9.00 Å². The number of rotatable bonds is 4. The molecule has 3 N–H and O–H groups in total. The first kappa shape index (κ1) is 17.5. The zero-order valence-electron chi connectivity index (χ0n) is 14.6. The zero-order chi connectivity index (χ0) is 18.3. The summed E-state index contributed by atoms with van der Waals surface area (Å²) in [5, 5.41) is 7.08. The number of nitrogens with zero attached hydrogens (tertiary/aromatic N) is 2. The minimum atomic E-state index is -3.49. The number of nitrogens with one attached hydrogen (secondary N) is 3. The van der Waals surface area contributed by atoms with Crippen molar-refractivity contribution in [2.24, 2.45) is 0 Å². The van der Waals surface area contributed by atoms with Gasteiger partial charge in [-0.3, -0.25) is 4.45 Å². The van der Waals surface area contributed by atoms with Crippen molar-refractivity contribution in [2.75, 3.05) is 12.0 Å². The van der Waals surface area contributed by atoms with E-state index < -0.39 is 15.9 Å². The Morgan fingerprint density at radius 2 is 1.88 bits per heavy atom. The second-order valence-electron chi connectivity index (χ2n) is 6.67. The third-order valence-corrected chi connectivity index (χ3v) is 7.02. The summed E-state index contributed by atoms with van der Waals surface area (Å²) in [7, 11) is -3.11. The average molecular weight is 391 g/mol. The summed E-state index contributed by atoms with van der Waals surface area (Å²) in [6, 6.07) is 3.21. The maximum atomic E-state index is 12.6. The molecule has 1 heterocycles.